The van der Waals surface area contributed by atoms with Gasteiger partial charge in [0.1, 0.15) is 11.5 Å². The van der Waals surface area contributed by atoms with Gasteiger partial charge in [-0.3, -0.25) is 9.59 Å². The van der Waals surface area contributed by atoms with Crippen LogP contribution in [0.5, 0.6) is 0 Å². The van der Waals surface area contributed by atoms with Crippen LogP contribution in [0.25, 0.3) is 11.3 Å². The van der Waals surface area contributed by atoms with Gasteiger partial charge in [-0.1, -0.05) is 24.3 Å². The summed E-state index contributed by atoms with van der Waals surface area (Å²) in [6.45, 7) is 1.74. The fourth-order valence-corrected chi connectivity index (χ4v) is 2.70. The summed E-state index contributed by atoms with van der Waals surface area (Å²) >= 11 is 0. The quantitative estimate of drug-likeness (QED) is 0.493. The summed E-state index contributed by atoms with van der Waals surface area (Å²) in [4.78, 5) is 29.3. The van der Waals surface area contributed by atoms with Gasteiger partial charge in [-0.2, -0.15) is 0 Å². The molecule has 2 aromatic carbocycles. The number of halogens is 1. The molecule has 0 saturated heterocycles. The first-order valence-corrected chi connectivity index (χ1v) is 8.01. The summed E-state index contributed by atoms with van der Waals surface area (Å²) in [5.74, 6) is 0.157. The molecule has 0 radical (unpaired) electrons. The molecule has 0 aliphatic rings. The number of anilines is 1. The third-order valence-electron chi connectivity index (χ3n) is 4.00. The maximum absolute atomic E-state index is 13.1. The van der Waals surface area contributed by atoms with E-state index in [1.165, 1.54) is 19.1 Å². The van der Waals surface area contributed by atoms with Crippen LogP contribution in [0, 0.1) is 5.82 Å². The van der Waals surface area contributed by atoms with Gasteiger partial charge in [-0.25, -0.2) is 9.37 Å². The summed E-state index contributed by atoms with van der Waals surface area (Å²) < 4.78 is 18.8. The Morgan fingerprint density at radius 3 is 2.54 bits per heavy atom. The van der Waals surface area contributed by atoms with Gasteiger partial charge >= 0.3 is 0 Å². The van der Waals surface area contributed by atoms with E-state index < -0.39 is 0 Å². The van der Waals surface area contributed by atoms with Crippen LogP contribution < -0.4 is 4.90 Å². The molecule has 0 saturated carbocycles. The second-order valence-corrected chi connectivity index (χ2v) is 5.87. The van der Waals surface area contributed by atoms with Crippen molar-refractivity contribution in [2.75, 3.05) is 11.9 Å². The highest BCUT2D eigenvalue weighted by atomic mass is 19.1. The Kier molecular flexibility index (Phi) is 4.93. The summed E-state index contributed by atoms with van der Waals surface area (Å²) in [7, 11) is 1.81. The first kappa shape index (κ1) is 17.5. The maximum Gasteiger partial charge on any atom is 0.215 e. The Bertz CT molecular complexity index is 948. The molecule has 0 N–H and O–H groups in total. The van der Waals surface area contributed by atoms with Crippen LogP contribution in [-0.2, 0) is 6.54 Å². The van der Waals surface area contributed by atoms with Crippen molar-refractivity contribution in [2.45, 2.75) is 13.5 Å². The molecule has 0 bridgehead atoms. The summed E-state index contributed by atoms with van der Waals surface area (Å²) in [5, 5.41) is 0. The van der Waals surface area contributed by atoms with Crippen LogP contribution in [0.1, 0.15) is 33.7 Å². The molecule has 1 heterocycles. The number of nitrogens with zero attached hydrogens (tertiary/aromatic N) is 2. The van der Waals surface area contributed by atoms with Crippen molar-refractivity contribution in [1.82, 2.24) is 4.98 Å². The minimum Gasteiger partial charge on any atom is -0.438 e. The summed E-state index contributed by atoms with van der Waals surface area (Å²) in [5.41, 5.74) is 1.92. The number of oxazole rings is 1. The molecule has 3 rings (SSSR count). The molecule has 26 heavy (non-hydrogen) atoms. The number of carbonyl (C=O) groups is 2. The van der Waals surface area contributed by atoms with E-state index >= 15 is 0 Å². The Morgan fingerprint density at radius 1 is 1.19 bits per heavy atom. The number of rotatable bonds is 6. The lowest BCUT2D eigenvalue weighted by Crippen LogP contribution is -2.16. The van der Waals surface area contributed by atoms with Crippen molar-refractivity contribution in [3.63, 3.8) is 0 Å². The van der Waals surface area contributed by atoms with Crippen molar-refractivity contribution >= 4 is 17.8 Å². The number of carbonyl (C=O) groups excluding carboxylic acids is 2. The van der Waals surface area contributed by atoms with E-state index in [1.807, 2.05) is 4.90 Å². The van der Waals surface area contributed by atoms with Crippen LogP contribution in [0.3, 0.4) is 0 Å². The molecule has 0 spiro atoms. The van der Waals surface area contributed by atoms with Crippen LogP contribution in [0.4, 0.5) is 10.1 Å². The van der Waals surface area contributed by atoms with Gasteiger partial charge in [0.2, 0.25) is 5.89 Å². The lowest BCUT2D eigenvalue weighted by Gasteiger charge is -2.17. The number of Topliss-reactive ketones (excluding diaryl/α,β-unsaturated/α-hetero) is 1. The molecule has 0 atom stereocenters. The molecule has 132 valence electrons. The number of hydrogen-bond donors (Lipinski definition) is 0. The Hall–Kier alpha value is -3.28. The number of aromatic nitrogens is 1. The van der Waals surface area contributed by atoms with Gasteiger partial charge in [-0.05, 0) is 31.2 Å². The smallest absolute Gasteiger partial charge is 0.215 e. The van der Waals surface area contributed by atoms with Crippen molar-refractivity contribution < 1.29 is 18.4 Å². The fourth-order valence-electron chi connectivity index (χ4n) is 2.70. The molecule has 3 aromatic rings. The van der Waals surface area contributed by atoms with E-state index in [1.54, 1.807) is 43.4 Å². The standard InChI is InChI=1S/C20H17FN2O3/c1-13(25)16-5-3-4-6-17(16)20-18(12-24)22-19(26-20)11-23(2)15-9-7-14(21)8-10-15/h3-10,12H,11H2,1-2H3. The van der Waals surface area contributed by atoms with E-state index in [0.29, 0.717) is 23.3 Å². The van der Waals surface area contributed by atoms with Crippen molar-refractivity contribution in [3.05, 3.63) is 71.5 Å². The zero-order valence-corrected chi connectivity index (χ0v) is 14.4. The summed E-state index contributed by atoms with van der Waals surface area (Å²) in [6, 6.07) is 12.9. The fraction of sp³-hybridized carbons (Fsp3) is 0.150. The highest BCUT2D eigenvalue weighted by Gasteiger charge is 2.19. The maximum atomic E-state index is 13.1. The lowest BCUT2D eigenvalue weighted by atomic mass is 10.0. The predicted octanol–water partition coefficient (Wildman–Crippen LogP) is 4.13. The van der Waals surface area contributed by atoms with E-state index in [9.17, 15) is 14.0 Å². The molecule has 0 unspecified atom stereocenters. The molecule has 0 aliphatic carbocycles. The molecule has 0 amide bonds. The molecule has 5 nitrogen and oxygen atoms in total. The van der Waals surface area contributed by atoms with E-state index in [-0.39, 0.29) is 29.6 Å². The van der Waals surface area contributed by atoms with Gasteiger partial charge < -0.3 is 9.32 Å². The Balaban J connectivity index is 1.93. The topological polar surface area (TPSA) is 63.4 Å². The van der Waals surface area contributed by atoms with Gasteiger partial charge in [0.05, 0.1) is 6.54 Å². The SMILES string of the molecule is CC(=O)c1ccccc1-c1oc(CN(C)c2ccc(F)cc2)nc1C=O. The largest absolute Gasteiger partial charge is 0.438 e. The van der Waals surface area contributed by atoms with Gasteiger partial charge in [0.15, 0.2) is 17.8 Å². The predicted molar refractivity (Wildman–Crippen MR) is 95.8 cm³/mol. The van der Waals surface area contributed by atoms with Gasteiger partial charge in [0.25, 0.3) is 0 Å². The third kappa shape index (κ3) is 3.54. The molecule has 6 heteroatoms. The first-order valence-electron chi connectivity index (χ1n) is 8.01. The van der Waals surface area contributed by atoms with Crippen LogP contribution >= 0.6 is 0 Å². The zero-order valence-electron chi connectivity index (χ0n) is 14.4. The van der Waals surface area contributed by atoms with Crippen molar-refractivity contribution in [1.29, 1.82) is 0 Å². The van der Waals surface area contributed by atoms with Crippen LogP contribution in [0.15, 0.2) is 52.9 Å². The molecule has 1 aromatic heterocycles. The number of hydrogen-bond acceptors (Lipinski definition) is 5. The monoisotopic (exact) mass is 352 g/mol. The van der Waals surface area contributed by atoms with Crippen molar-refractivity contribution in [2.24, 2.45) is 0 Å². The molecule has 0 fully saturated rings. The Labute approximate surface area is 150 Å². The summed E-state index contributed by atoms with van der Waals surface area (Å²) in [6.07, 6.45) is 0.608. The molecule has 0 aliphatic heterocycles. The van der Waals surface area contributed by atoms with Gasteiger partial charge in [-0.15, -0.1) is 0 Å². The number of benzene rings is 2. The number of ketones is 1. The normalized spacial score (nSPS) is 10.6. The second kappa shape index (κ2) is 7.31. The van der Waals surface area contributed by atoms with E-state index in [0.717, 1.165) is 5.69 Å². The van der Waals surface area contributed by atoms with Gasteiger partial charge in [0, 0.05) is 23.9 Å². The lowest BCUT2D eigenvalue weighted by molar-refractivity contribution is 0.101. The number of aldehydes is 1. The minimum absolute atomic E-state index is 0.126. The minimum atomic E-state index is -0.315. The van der Waals surface area contributed by atoms with E-state index in [4.69, 9.17) is 4.42 Å². The highest BCUT2D eigenvalue weighted by Crippen LogP contribution is 2.28. The van der Waals surface area contributed by atoms with E-state index in [2.05, 4.69) is 4.98 Å². The Morgan fingerprint density at radius 2 is 1.88 bits per heavy atom. The zero-order chi connectivity index (χ0) is 18.7. The highest BCUT2D eigenvalue weighted by molar-refractivity contribution is 6.01. The van der Waals surface area contributed by atoms with Crippen LogP contribution in [-0.4, -0.2) is 24.1 Å². The van der Waals surface area contributed by atoms with Crippen LogP contribution in [0.2, 0.25) is 0 Å². The second-order valence-electron chi connectivity index (χ2n) is 5.87. The first-order chi connectivity index (χ1) is 12.5. The average Bonchev–Trinajstić information content (AvgIpc) is 3.04. The average molecular weight is 352 g/mol. The molecular formula is C20H17FN2O3. The van der Waals surface area contributed by atoms with Crippen molar-refractivity contribution in [3.8, 4) is 11.3 Å². The molecular weight excluding hydrogens is 335 g/mol. The third-order valence-corrected chi connectivity index (χ3v) is 4.00.